The van der Waals surface area contributed by atoms with Crippen molar-refractivity contribution in [3.05, 3.63) is 6.92 Å². The van der Waals surface area contributed by atoms with Gasteiger partial charge in [0.25, 0.3) is 0 Å². The summed E-state index contributed by atoms with van der Waals surface area (Å²) in [7, 11) is 0. The van der Waals surface area contributed by atoms with Gasteiger partial charge in [-0.1, -0.05) is 0 Å². The van der Waals surface area contributed by atoms with Crippen LogP contribution in [0, 0.1) is 6.92 Å². The molecule has 0 unspecified atom stereocenters. The first-order valence-electron chi connectivity index (χ1n) is 1.32. The van der Waals surface area contributed by atoms with Crippen LogP contribution in [0.3, 0.4) is 0 Å². The van der Waals surface area contributed by atoms with Crippen molar-refractivity contribution in [2.24, 2.45) is 0 Å². The Morgan fingerprint density at radius 1 is 1.50 bits per heavy atom. The molecule has 34 valence electrons. The number of hydrogen-bond donors (Lipinski definition) is 1. The maximum absolute atomic E-state index is 7.81. The van der Waals surface area contributed by atoms with E-state index in [2.05, 4.69) is 6.92 Å². The predicted molar refractivity (Wildman–Crippen MR) is 22.8 cm³/mol. The smallest absolute Gasteiger partial charge is 1.00 e. The Morgan fingerprint density at radius 2 is 1.67 bits per heavy atom. The molecule has 1 nitrogen and oxygen atoms in total. The molecule has 1 N–H and O–H groups in total. The molecular weight excluding hydrogens is 112 g/mol. The third-order valence-corrected chi connectivity index (χ3v) is 0.158. The molecule has 0 atom stereocenters. The van der Waals surface area contributed by atoms with E-state index in [1.54, 1.807) is 0 Å². The summed E-state index contributed by atoms with van der Waals surface area (Å²) < 4.78 is 0. The molecule has 0 fully saturated rings. The Kier molecular flexibility index (Phi) is 43.7. The molecule has 0 saturated carbocycles. The molecule has 0 bridgehead atoms. The van der Waals surface area contributed by atoms with Gasteiger partial charge in [-0.3, -0.25) is 0 Å². The summed E-state index contributed by atoms with van der Waals surface area (Å²) in [6.45, 7) is 3.56. The minimum Gasteiger partial charge on any atom is -1.00 e. The topological polar surface area (TPSA) is 20.2 Å². The van der Waals surface area contributed by atoms with E-state index in [0.29, 0.717) is 6.42 Å². The van der Waals surface area contributed by atoms with E-state index < -0.39 is 0 Å². The Balaban J connectivity index is -0.0000000450. The Bertz CT molecular complexity index is 12.8. The van der Waals surface area contributed by atoms with Crippen molar-refractivity contribution in [2.75, 3.05) is 6.61 Å². The molecular formula is C3H7ClMgO. The van der Waals surface area contributed by atoms with Crippen molar-refractivity contribution in [1.29, 1.82) is 0 Å². The van der Waals surface area contributed by atoms with E-state index in [-0.39, 0.29) is 42.1 Å². The van der Waals surface area contributed by atoms with Crippen LogP contribution in [0.15, 0.2) is 0 Å². The summed E-state index contributed by atoms with van der Waals surface area (Å²) in [6.07, 6.45) is 0.625. The monoisotopic (exact) mass is 118 g/mol. The molecule has 0 rings (SSSR count). The normalized spacial score (nSPS) is 5.00. The Hall–Kier alpha value is 1.02. The second kappa shape index (κ2) is 16.6. The summed E-state index contributed by atoms with van der Waals surface area (Å²) >= 11 is 0. The molecule has 0 spiro atoms. The molecule has 0 aromatic heterocycles. The molecule has 0 aromatic carbocycles. The van der Waals surface area contributed by atoms with E-state index in [1.165, 1.54) is 0 Å². The first-order chi connectivity index (χ1) is 1.91. The fraction of sp³-hybridized carbons (Fsp3) is 0.667. The summed E-state index contributed by atoms with van der Waals surface area (Å²) in [4.78, 5) is 0. The van der Waals surface area contributed by atoms with Crippen LogP contribution in [0.2, 0.25) is 0 Å². The number of aliphatic hydroxyl groups excluding tert-OH is 1. The van der Waals surface area contributed by atoms with E-state index in [0.717, 1.165) is 0 Å². The fourth-order valence-electron chi connectivity index (χ4n) is 0. The summed E-state index contributed by atoms with van der Waals surface area (Å²) in [5, 5.41) is 7.81. The fourth-order valence-corrected chi connectivity index (χ4v) is 0. The molecule has 0 aliphatic carbocycles. The van der Waals surface area contributed by atoms with Crippen LogP contribution in [0.4, 0.5) is 0 Å². The van der Waals surface area contributed by atoms with Gasteiger partial charge in [-0.05, 0) is 0 Å². The van der Waals surface area contributed by atoms with Gasteiger partial charge in [-0.25, -0.2) is 0 Å². The largest absolute Gasteiger partial charge is 2.00 e. The average Bonchev–Trinajstić information content (AvgIpc) is 1.37. The van der Waals surface area contributed by atoms with Gasteiger partial charge in [0, 0.05) is 6.61 Å². The number of hydrogen-bond acceptors (Lipinski definition) is 1. The van der Waals surface area contributed by atoms with Crippen LogP contribution in [0.25, 0.3) is 0 Å². The van der Waals surface area contributed by atoms with Gasteiger partial charge >= 0.3 is 23.1 Å². The molecule has 0 radical (unpaired) electrons. The molecule has 3 heteroatoms. The van der Waals surface area contributed by atoms with Crippen LogP contribution in [0.1, 0.15) is 6.42 Å². The van der Waals surface area contributed by atoms with Crippen LogP contribution >= 0.6 is 0 Å². The standard InChI is InChI=1S/C3H7O.ClH.Mg/c1-2-3-4;;/h4H,1-3H2;1H;/q-1;;+2/p-1. The summed E-state index contributed by atoms with van der Waals surface area (Å²) in [5.41, 5.74) is 0. The molecule has 0 amide bonds. The van der Waals surface area contributed by atoms with Gasteiger partial charge in [0.1, 0.15) is 0 Å². The van der Waals surface area contributed by atoms with E-state index in [4.69, 9.17) is 5.11 Å². The van der Waals surface area contributed by atoms with Gasteiger partial charge in [-0.2, -0.15) is 6.42 Å². The molecule has 0 heterocycles. The SMILES string of the molecule is [CH2-]CCO.[Cl-].[Mg+2]. The van der Waals surface area contributed by atoms with Crippen molar-refractivity contribution >= 4 is 23.1 Å². The maximum atomic E-state index is 7.81. The van der Waals surface area contributed by atoms with Crippen molar-refractivity contribution in [3.63, 3.8) is 0 Å². The van der Waals surface area contributed by atoms with E-state index >= 15 is 0 Å². The van der Waals surface area contributed by atoms with E-state index in [9.17, 15) is 0 Å². The van der Waals surface area contributed by atoms with E-state index in [1.807, 2.05) is 0 Å². The Labute approximate surface area is 60.7 Å². The van der Waals surface area contributed by atoms with Crippen molar-refractivity contribution in [1.82, 2.24) is 0 Å². The zero-order valence-electron chi connectivity index (χ0n) is 3.65. The van der Waals surface area contributed by atoms with Crippen molar-refractivity contribution in [2.45, 2.75) is 6.42 Å². The molecule has 0 aliphatic heterocycles. The Morgan fingerprint density at radius 3 is 1.67 bits per heavy atom. The first kappa shape index (κ1) is 15.7. The van der Waals surface area contributed by atoms with Crippen LogP contribution in [0.5, 0.6) is 0 Å². The third-order valence-electron chi connectivity index (χ3n) is 0.158. The average molecular weight is 119 g/mol. The zero-order valence-corrected chi connectivity index (χ0v) is 5.82. The minimum absolute atomic E-state index is 0. The number of halogens is 1. The van der Waals surface area contributed by atoms with Gasteiger partial charge in [0.05, 0.1) is 0 Å². The van der Waals surface area contributed by atoms with Crippen molar-refractivity contribution < 1.29 is 17.5 Å². The summed E-state index contributed by atoms with van der Waals surface area (Å²) in [5.74, 6) is 0. The van der Waals surface area contributed by atoms with Gasteiger partial charge in [0.2, 0.25) is 0 Å². The van der Waals surface area contributed by atoms with Crippen LogP contribution in [-0.2, 0) is 0 Å². The number of rotatable bonds is 1. The minimum atomic E-state index is 0. The molecule has 0 aromatic rings. The molecule has 0 saturated heterocycles. The van der Waals surface area contributed by atoms with Crippen LogP contribution < -0.4 is 12.4 Å². The third kappa shape index (κ3) is 19.9. The second-order valence-electron chi connectivity index (χ2n) is 0.577. The quantitative estimate of drug-likeness (QED) is 0.285. The van der Waals surface area contributed by atoms with Gasteiger partial charge in [-0.15, -0.1) is 0 Å². The maximum Gasteiger partial charge on any atom is 2.00 e. The van der Waals surface area contributed by atoms with Gasteiger partial charge in [0.15, 0.2) is 0 Å². The zero-order chi connectivity index (χ0) is 3.41. The number of aliphatic hydroxyl groups is 1. The summed E-state index contributed by atoms with van der Waals surface area (Å²) in [6, 6.07) is 0. The predicted octanol–water partition coefficient (Wildman–Crippen LogP) is -3.17. The van der Waals surface area contributed by atoms with Crippen LogP contribution in [-0.4, -0.2) is 34.8 Å². The van der Waals surface area contributed by atoms with Crippen molar-refractivity contribution in [3.8, 4) is 0 Å². The molecule has 6 heavy (non-hydrogen) atoms. The second-order valence-corrected chi connectivity index (χ2v) is 0.577. The van der Waals surface area contributed by atoms with Gasteiger partial charge < -0.3 is 24.4 Å². The molecule has 0 aliphatic rings. The first-order valence-corrected chi connectivity index (χ1v) is 1.32.